The number of hydrogen-bond donors (Lipinski definition) is 1. The molecule has 0 aromatic rings. The van der Waals surface area contributed by atoms with Gasteiger partial charge in [0, 0.05) is 13.0 Å². The number of aliphatic hydroxyl groups is 1. The van der Waals surface area contributed by atoms with E-state index >= 15 is 0 Å². The summed E-state index contributed by atoms with van der Waals surface area (Å²) in [6.07, 6.45) is 7.01. The van der Waals surface area contributed by atoms with Crippen molar-refractivity contribution in [1.29, 1.82) is 0 Å². The van der Waals surface area contributed by atoms with Crippen molar-refractivity contribution >= 4 is 0 Å². The molecule has 76 valence electrons. The first-order chi connectivity index (χ1) is 6.21. The van der Waals surface area contributed by atoms with Crippen molar-refractivity contribution in [2.24, 2.45) is 5.92 Å². The third kappa shape index (κ3) is 1.89. The van der Waals surface area contributed by atoms with Crippen molar-refractivity contribution in [3.8, 4) is 0 Å². The van der Waals surface area contributed by atoms with Gasteiger partial charge in [-0.05, 0) is 32.1 Å². The van der Waals surface area contributed by atoms with E-state index in [2.05, 4.69) is 6.92 Å². The molecule has 0 aromatic heterocycles. The Labute approximate surface area is 80.3 Å². The molecular formula is C11H20O2. The zero-order valence-electron chi connectivity index (χ0n) is 8.46. The topological polar surface area (TPSA) is 29.5 Å². The lowest BCUT2D eigenvalue weighted by atomic mass is 9.78. The highest BCUT2D eigenvalue weighted by Gasteiger charge is 2.41. The maximum Gasteiger partial charge on any atom is 0.0722 e. The fourth-order valence-electron chi connectivity index (χ4n) is 2.93. The van der Waals surface area contributed by atoms with Crippen LogP contribution in [0.3, 0.4) is 0 Å². The highest BCUT2D eigenvalue weighted by Crippen LogP contribution is 2.40. The van der Waals surface area contributed by atoms with Crippen molar-refractivity contribution in [3.63, 3.8) is 0 Å². The minimum atomic E-state index is -0.395. The van der Waals surface area contributed by atoms with Crippen molar-refractivity contribution < 1.29 is 9.84 Å². The van der Waals surface area contributed by atoms with E-state index in [4.69, 9.17) is 4.74 Å². The smallest absolute Gasteiger partial charge is 0.0722 e. The second-order valence-electron chi connectivity index (χ2n) is 4.72. The highest BCUT2D eigenvalue weighted by molar-refractivity contribution is 4.92. The van der Waals surface area contributed by atoms with E-state index in [0.29, 0.717) is 5.92 Å². The van der Waals surface area contributed by atoms with Gasteiger partial charge in [-0.3, -0.25) is 0 Å². The molecule has 1 aliphatic heterocycles. The molecule has 13 heavy (non-hydrogen) atoms. The molecule has 2 rings (SSSR count). The van der Waals surface area contributed by atoms with Gasteiger partial charge < -0.3 is 9.84 Å². The Morgan fingerprint density at radius 2 is 2.00 bits per heavy atom. The van der Waals surface area contributed by atoms with Gasteiger partial charge in [-0.1, -0.05) is 12.8 Å². The molecule has 0 bridgehead atoms. The minimum absolute atomic E-state index is 0.249. The molecule has 2 atom stereocenters. The molecule has 1 N–H and O–H groups in total. The largest absolute Gasteiger partial charge is 0.389 e. The molecule has 1 saturated heterocycles. The van der Waals surface area contributed by atoms with E-state index in [-0.39, 0.29) is 6.10 Å². The van der Waals surface area contributed by atoms with Gasteiger partial charge in [0.1, 0.15) is 0 Å². The first kappa shape index (κ1) is 9.47. The Hall–Kier alpha value is -0.0800. The van der Waals surface area contributed by atoms with Crippen molar-refractivity contribution in [3.05, 3.63) is 0 Å². The zero-order valence-corrected chi connectivity index (χ0v) is 8.46. The van der Waals surface area contributed by atoms with E-state index < -0.39 is 5.60 Å². The van der Waals surface area contributed by atoms with E-state index in [1.807, 2.05) is 0 Å². The molecule has 2 aliphatic rings. The summed E-state index contributed by atoms with van der Waals surface area (Å²) in [6.45, 7) is 2.81. The summed E-state index contributed by atoms with van der Waals surface area (Å²) in [7, 11) is 0. The third-order valence-electron chi connectivity index (χ3n) is 3.69. The average Bonchev–Trinajstić information content (AvgIpc) is 2.55. The molecule has 2 unspecified atom stereocenters. The van der Waals surface area contributed by atoms with Gasteiger partial charge in [-0.15, -0.1) is 0 Å². The summed E-state index contributed by atoms with van der Waals surface area (Å²) < 4.78 is 5.47. The summed E-state index contributed by atoms with van der Waals surface area (Å²) in [4.78, 5) is 0. The Kier molecular flexibility index (Phi) is 2.61. The van der Waals surface area contributed by atoms with Crippen LogP contribution in [-0.4, -0.2) is 23.4 Å². The standard InChI is InChI=1S/C11H20O2/c1-9-8-11(12,6-7-13-9)10-4-2-3-5-10/h9-10,12H,2-8H2,1H3. The fraction of sp³-hybridized carbons (Fsp3) is 1.00. The predicted molar refractivity (Wildman–Crippen MR) is 51.6 cm³/mol. The van der Waals surface area contributed by atoms with Crippen molar-refractivity contribution in [2.45, 2.75) is 57.2 Å². The van der Waals surface area contributed by atoms with Gasteiger partial charge in [0.2, 0.25) is 0 Å². The van der Waals surface area contributed by atoms with Crippen LogP contribution >= 0.6 is 0 Å². The van der Waals surface area contributed by atoms with Crippen LogP contribution in [0.15, 0.2) is 0 Å². The van der Waals surface area contributed by atoms with Crippen LogP contribution in [0.5, 0.6) is 0 Å². The maximum atomic E-state index is 10.5. The van der Waals surface area contributed by atoms with Crippen molar-refractivity contribution in [1.82, 2.24) is 0 Å². The van der Waals surface area contributed by atoms with Crippen molar-refractivity contribution in [2.75, 3.05) is 6.61 Å². The van der Waals surface area contributed by atoms with E-state index in [1.54, 1.807) is 0 Å². The summed E-state index contributed by atoms with van der Waals surface area (Å²) in [5, 5.41) is 10.5. The Morgan fingerprint density at radius 3 is 2.62 bits per heavy atom. The van der Waals surface area contributed by atoms with Crippen LogP contribution in [0.4, 0.5) is 0 Å². The van der Waals surface area contributed by atoms with E-state index in [0.717, 1.165) is 19.4 Å². The minimum Gasteiger partial charge on any atom is -0.389 e. The van der Waals surface area contributed by atoms with Gasteiger partial charge in [0.15, 0.2) is 0 Å². The molecule has 0 amide bonds. The Bertz CT molecular complexity index is 175. The molecule has 0 aromatic carbocycles. The SMILES string of the molecule is CC1CC(O)(C2CCCC2)CCO1. The van der Waals surface area contributed by atoms with E-state index in [9.17, 15) is 5.11 Å². The maximum absolute atomic E-state index is 10.5. The lowest BCUT2D eigenvalue weighted by molar-refractivity contribution is -0.125. The molecule has 2 heteroatoms. The summed E-state index contributed by atoms with van der Waals surface area (Å²) in [6, 6.07) is 0. The van der Waals surface area contributed by atoms with Gasteiger partial charge >= 0.3 is 0 Å². The van der Waals surface area contributed by atoms with E-state index in [1.165, 1.54) is 25.7 Å². The first-order valence-corrected chi connectivity index (χ1v) is 5.55. The molecule has 1 saturated carbocycles. The normalized spacial score (nSPS) is 42.5. The van der Waals surface area contributed by atoms with Crippen LogP contribution in [0, 0.1) is 5.92 Å². The predicted octanol–water partition coefficient (Wildman–Crippen LogP) is 2.11. The van der Waals surface area contributed by atoms with Crippen LogP contribution in [0.25, 0.3) is 0 Å². The summed E-state index contributed by atoms with van der Waals surface area (Å²) in [5.41, 5.74) is -0.395. The molecule has 0 spiro atoms. The lowest BCUT2D eigenvalue weighted by Gasteiger charge is -2.40. The average molecular weight is 184 g/mol. The molecule has 1 aliphatic carbocycles. The van der Waals surface area contributed by atoms with Gasteiger partial charge in [-0.25, -0.2) is 0 Å². The lowest BCUT2D eigenvalue weighted by Crippen LogP contribution is -2.44. The summed E-state index contributed by atoms with van der Waals surface area (Å²) >= 11 is 0. The fourth-order valence-corrected chi connectivity index (χ4v) is 2.93. The van der Waals surface area contributed by atoms with Gasteiger partial charge in [0.05, 0.1) is 11.7 Å². The van der Waals surface area contributed by atoms with Crippen LogP contribution in [-0.2, 0) is 4.74 Å². The summed E-state index contributed by atoms with van der Waals surface area (Å²) in [5.74, 6) is 0.554. The third-order valence-corrected chi connectivity index (χ3v) is 3.69. The van der Waals surface area contributed by atoms with Gasteiger partial charge in [0.25, 0.3) is 0 Å². The molecule has 1 heterocycles. The highest BCUT2D eigenvalue weighted by atomic mass is 16.5. The number of hydrogen-bond acceptors (Lipinski definition) is 2. The first-order valence-electron chi connectivity index (χ1n) is 5.55. The number of rotatable bonds is 1. The van der Waals surface area contributed by atoms with Crippen LogP contribution in [0.1, 0.15) is 45.4 Å². The second kappa shape index (κ2) is 3.58. The van der Waals surface area contributed by atoms with Crippen LogP contribution in [0.2, 0.25) is 0 Å². The Balaban J connectivity index is 2.00. The monoisotopic (exact) mass is 184 g/mol. The second-order valence-corrected chi connectivity index (χ2v) is 4.72. The molecule has 2 nitrogen and oxygen atoms in total. The van der Waals surface area contributed by atoms with Crippen LogP contribution < -0.4 is 0 Å². The molecular weight excluding hydrogens is 164 g/mol. The van der Waals surface area contributed by atoms with Gasteiger partial charge in [-0.2, -0.15) is 0 Å². The Morgan fingerprint density at radius 1 is 1.31 bits per heavy atom. The quantitative estimate of drug-likeness (QED) is 0.676. The zero-order chi connectivity index (χ0) is 9.31. The number of ether oxygens (including phenoxy) is 1. The molecule has 2 fully saturated rings. The molecule has 0 radical (unpaired) electrons.